The van der Waals surface area contributed by atoms with Crippen LogP contribution in [0.4, 0.5) is 0 Å². The number of hydrogen-bond donors (Lipinski definition) is 1. The summed E-state index contributed by atoms with van der Waals surface area (Å²) in [6, 6.07) is 7.02. The van der Waals surface area contributed by atoms with E-state index in [2.05, 4.69) is 76.1 Å². The molecular formula is C16H25Br2N. The Kier molecular flexibility index (Phi) is 8.27. The molecule has 1 aromatic carbocycles. The highest BCUT2D eigenvalue weighted by Crippen LogP contribution is 2.27. The summed E-state index contributed by atoms with van der Waals surface area (Å²) in [5.41, 5.74) is 1.37. The highest BCUT2D eigenvalue weighted by atomic mass is 79.9. The van der Waals surface area contributed by atoms with Crippen LogP contribution in [0.2, 0.25) is 0 Å². The minimum atomic E-state index is 0.465. The van der Waals surface area contributed by atoms with Gasteiger partial charge in [-0.15, -0.1) is 0 Å². The van der Waals surface area contributed by atoms with Crippen molar-refractivity contribution >= 4 is 31.9 Å². The second-order valence-electron chi connectivity index (χ2n) is 5.53. The van der Waals surface area contributed by atoms with E-state index in [4.69, 9.17) is 0 Å². The van der Waals surface area contributed by atoms with Crippen LogP contribution in [0, 0.1) is 5.92 Å². The first-order chi connectivity index (χ1) is 9.02. The molecule has 1 atom stereocenters. The Morgan fingerprint density at radius 2 is 1.68 bits per heavy atom. The zero-order valence-corrected chi connectivity index (χ0v) is 15.4. The summed E-state index contributed by atoms with van der Waals surface area (Å²) in [5, 5.41) is 3.67. The third-order valence-corrected chi connectivity index (χ3v) is 4.12. The lowest BCUT2D eigenvalue weighted by molar-refractivity contribution is 0.447. The molecule has 19 heavy (non-hydrogen) atoms. The van der Waals surface area contributed by atoms with Crippen molar-refractivity contribution in [1.29, 1.82) is 0 Å². The van der Waals surface area contributed by atoms with Gasteiger partial charge in [0.05, 0.1) is 0 Å². The van der Waals surface area contributed by atoms with Crippen molar-refractivity contribution in [3.05, 3.63) is 32.7 Å². The Morgan fingerprint density at radius 3 is 2.21 bits per heavy atom. The molecule has 0 aliphatic heterocycles. The normalized spacial score (nSPS) is 12.9. The Morgan fingerprint density at radius 1 is 1.05 bits per heavy atom. The monoisotopic (exact) mass is 389 g/mol. The van der Waals surface area contributed by atoms with Crippen molar-refractivity contribution in [2.75, 3.05) is 6.54 Å². The van der Waals surface area contributed by atoms with E-state index >= 15 is 0 Å². The van der Waals surface area contributed by atoms with E-state index < -0.39 is 0 Å². The summed E-state index contributed by atoms with van der Waals surface area (Å²) < 4.78 is 2.29. The van der Waals surface area contributed by atoms with Crippen molar-refractivity contribution in [2.24, 2.45) is 5.92 Å². The van der Waals surface area contributed by atoms with Gasteiger partial charge >= 0.3 is 0 Å². The van der Waals surface area contributed by atoms with Gasteiger partial charge in [0.1, 0.15) is 0 Å². The third-order valence-electron chi connectivity index (χ3n) is 3.20. The van der Waals surface area contributed by atoms with E-state index in [9.17, 15) is 0 Å². The molecule has 0 amide bonds. The minimum absolute atomic E-state index is 0.465. The zero-order chi connectivity index (χ0) is 14.3. The average molecular weight is 391 g/mol. The Hall–Kier alpha value is 0.140. The van der Waals surface area contributed by atoms with Crippen LogP contribution in [0.1, 0.15) is 58.1 Å². The molecule has 1 rings (SSSR count). The van der Waals surface area contributed by atoms with E-state index in [1.54, 1.807) is 0 Å². The second kappa shape index (κ2) is 9.15. The largest absolute Gasteiger partial charge is 0.310 e. The first-order valence-electron chi connectivity index (χ1n) is 7.22. The van der Waals surface area contributed by atoms with Crippen molar-refractivity contribution in [3.8, 4) is 0 Å². The maximum atomic E-state index is 3.67. The van der Waals surface area contributed by atoms with Gasteiger partial charge in [-0.25, -0.2) is 0 Å². The van der Waals surface area contributed by atoms with Gasteiger partial charge in [0.15, 0.2) is 0 Å². The molecule has 0 spiro atoms. The van der Waals surface area contributed by atoms with E-state index in [0.29, 0.717) is 6.04 Å². The summed E-state index contributed by atoms with van der Waals surface area (Å²) in [5.74, 6) is 0.793. The predicted octanol–water partition coefficient (Wildman–Crippen LogP) is 6.08. The number of hydrogen-bond acceptors (Lipinski definition) is 1. The standard InChI is InChI=1S/C16H25Br2N/c1-4-8-19-16(7-5-6-12(2)3)13-9-14(17)11-15(18)10-13/h9-12,16,19H,4-8H2,1-3H3. The first kappa shape index (κ1) is 17.2. The van der Waals surface area contributed by atoms with Crippen molar-refractivity contribution < 1.29 is 0 Å². The summed E-state index contributed by atoms with van der Waals surface area (Å²) >= 11 is 7.17. The lowest BCUT2D eigenvalue weighted by Crippen LogP contribution is -2.22. The molecule has 1 unspecified atom stereocenters. The van der Waals surface area contributed by atoms with Crippen LogP contribution >= 0.6 is 31.9 Å². The van der Waals surface area contributed by atoms with Gasteiger partial charge in [0.2, 0.25) is 0 Å². The van der Waals surface area contributed by atoms with E-state index in [0.717, 1.165) is 21.4 Å². The Bertz CT molecular complexity index is 357. The SMILES string of the molecule is CCCNC(CCCC(C)C)c1cc(Br)cc(Br)c1. The fraction of sp³-hybridized carbons (Fsp3) is 0.625. The van der Waals surface area contributed by atoms with Gasteiger partial charge in [-0.2, -0.15) is 0 Å². The summed E-state index contributed by atoms with van der Waals surface area (Å²) in [7, 11) is 0. The van der Waals surface area contributed by atoms with Crippen LogP contribution in [-0.4, -0.2) is 6.54 Å². The maximum absolute atomic E-state index is 3.67. The molecule has 0 aliphatic rings. The first-order valence-corrected chi connectivity index (χ1v) is 8.81. The Balaban J connectivity index is 2.71. The summed E-state index contributed by atoms with van der Waals surface area (Å²) in [4.78, 5) is 0. The smallest absolute Gasteiger partial charge is 0.0321 e. The minimum Gasteiger partial charge on any atom is -0.310 e. The lowest BCUT2D eigenvalue weighted by atomic mass is 9.98. The fourth-order valence-corrected chi connectivity index (χ4v) is 3.54. The van der Waals surface area contributed by atoms with Crippen LogP contribution in [0.15, 0.2) is 27.1 Å². The van der Waals surface area contributed by atoms with E-state index in [1.807, 2.05) is 0 Å². The molecule has 1 nitrogen and oxygen atoms in total. The molecule has 0 aromatic heterocycles. The molecule has 0 fully saturated rings. The van der Waals surface area contributed by atoms with Gasteiger partial charge in [-0.1, -0.05) is 65.5 Å². The molecule has 0 radical (unpaired) electrons. The second-order valence-corrected chi connectivity index (χ2v) is 7.37. The average Bonchev–Trinajstić information content (AvgIpc) is 2.31. The lowest BCUT2D eigenvalue weighted by Gasteiger charge is -2.20. The molecule has 1 N–H and O–H groups in total. The Labute approximate surface area is 134 Å². The molecular weight excluding hydrogens is 366 g/mol. The molecule has 3 heteroatoms. The molecule has 0 aliphatic carbocycles. The fourth-order valence-electron chi connectivity index (χ4n) is 2.21. The van der Waals surface area contributed by atoms with Gasteiger partial charge in [-0.3, -0.25) is 0 Å². The zero-order valence-electron chi connectivity index (χ0n) is 12.2. The van der Waals surface area contributed by atoms with Crippen molar-refractivity contribution in [2.45, 2.75) is 52.5 Å². The highest BCUT2D eigenvalue weighted by Gasteiger charge is 2.12. The summed E-state index contributed by atoms with van der Waals surface area (Å²) in [6.45, 7) is 7.89. The van der Waals surface area contributed by atoms with E-state index in [1.165, 1.54) is 31.2 Å². The van der Waals surface area contributed by atoms with E-state index in [-0.39, 0.29) is 0 Å². The number of rotatable bonds is 8. The maximum Gasteiger partial charge on any atom is 0.0321 e. The van der Waals surface area contributed by atoms with Crippen LogP contribution in [0.5, 0.6) is 0 Å². The van der Waals surface area contributed by atoms with Crippen molar-refractivity contribution in [3.63, 3.8) is 0 Å². The number of benzene rings is 1. The third kappa shape index (κ3) is 6.92. The highest BCUT2D eigenvalue weighted by molar-refractivity contribution is 9.11. The number of halogens is 2. The molecule has 0 saturated heterocycles. The van der Waals surface area contributed by atoms with Gasteiger partial charge < -0.3 is 5.32 Å². The molecule has 0 heterocycles. The van der Waals surface area contributed by atoms with Crippen LogP contribution < -0.4 is 5.32 Å². The molecule has 0 saturated carbocycles. The van der Waals surface area contributed by atoms with Gasteiger partial charge in [0, 0.05) is 15.0 Å². The van der Waals surface area contributed by atoms with Crippen molar-refractivity contribution in [1.82, 2.24) is 5.32 Å². The quantitative estimate of drug-likeness (QED) is 0.567. The van der Waals surface area contributed by atoms with Crippen LogP contribution in [0.3, 0.4) is 0 Å². The summed E-state index contributed by atoms with van der Waals surface area (Å²) in [6.07, 6.45) is 4.97. The predicted molar refractivity (Wildman–Crippen MR) is 91.6 cm³/mol. The van der Waals surface area contributed by atoms with Gasteiger partial charge in [-0.05, 0) is 49.1 Å². The van der Waals surface area contributed by atoms with Crippen LogP contribution in [-0.2, 0) is 0 Å². The van der Waals surface area contributed by atoms with Crippen LogP contribution in [0.25, 0.3) is 0 Å². The topological polar surface area (TPSA) is 12.0 Å². The van der Waals surface area contributed by atoms with Gasteiger partial charge in [0.25, 0.3) is 0 Å². The number of nitrogens with one attached hydrogen (secondary N) is 1. The molecule has 0 bridgehead atoms. The molecule has 1 aromatic rings. The molecule has 108 valence electrons.